The third-order valence-corrected chi connectivity index (χ3v) is 7.25. The summed E-state index contributed by atoms with van der Waals surface area (Å²) in [6.07, 6.45) is 3.49. The lowest BCUT2D eigenvalue weighted by Gasteiger charge is -2.19. The zero-order valence-electron chi connectivity index (χ0n) is 19.5. The van der Waals surface area contributed by atoms with Crippen LogP contribution in [0.5, 0.6) is 5.75 Å². The van der Waals surface area contributed by atoms with E-state index in [0.717, 1.165) is 42.5 Å². The fraction of sp³-hybridized carbons (Fsp3) is 0.407. The summed E-state index contributed by atoms with van der Waals surface area (Å²) >= 11 is 0. The van der Waals surface area contributed by atoms with Gasteiger partial charge in [0.15, 0.2) is 0 Å². The van der Waals surface area contributed by atoms with E-state index < -0.39 is 11.9 Å². The van der Waals surface area contributed by atoms with E-state index in [1.54, 1.807) is 29.2 Å². The molecule has 2 heterocycles. The van der Waals surface area contributed by atoms with E-state index in [2.05, 4.69) is 0 Å². The van der Waals surface area contributed by atoms with Gasteiger partial charge < -0.3 is 9.64 Å². The molecule has 2 aliphatic heterocycles. The predicted octanol–water partition coefficient (Wildman–Crippen LogP) is 3.94. The summed E-state index contributed by atoms with van der Waals surface area (Å²) < 4.78 is 5.61. The summed E-state index contributed by atoms with van der Waals surface area (Å²) in [5.74, 6) is -1.75. The molecule has 7 heteroatoms. The number of fused-ring (bicyclic) bond motifs is 1. The van der Waals surface area contributed by atoms with Crippen LogP contribution < -0.4 is 14.5 Å². The lowest BCUT2D eigenvalue weighted by Crippen LogP contribution is -2.31. The van der Waals surface area contributed by atoms with Gasteiger partial charge in [-0.1, -0.05) is 31.0 Å². The number of hydrogen-bond acceptors (Lipinski definition) is 5. The van der Waals surface area contributed by atoms with Crippen molar-refractivity contribution < 1.29 is 23.9 Å². The number of ether oxygens (including phenoxy) is 1. The van der Waals surface area contributed by atoms with Crippen LogP contribution in [0.3, 0.4) is 0 Å². The number of rotatable bonds is 4. The van der Waals surface area contributed by atoms with Crippen LogP contribution in [-0.2, 0) is 19.2 Å². The van der Waals surface area contributed by atoms with Gasteiger partial charge in [0.1, 0.15) is 5.75 Å². The van der Waals surface area contributed by atoms with E-state index in [1.165, 1.54) is 4.90 Å². The van der Waals surface area contributed by atoms with E-state index in [9.17, 15) is 19.2 Å². The van der Waals surface area contributed by atoms with Crippen LogP contribution in [0.25, 0.3) is 0 Å². The molecule has 34 heavy (non-hydrogen) atoms. The molecule has 1 aliphatic carbocycles. The Kier molecular flexibility index (Phi) is 5.71. The predicted molar refractivity (Wildman–Crippen MR) is 126 cm³/mol. The molecule has 0 unspecified atom stereocenters. The summed E-state index contributed by atoms with van der Waals surface area (Å²) in [6.45, 7) is 4.16. The Morgan fingerprint density at radius 3 is 2.35 bits per heavy atom. The van der Waals surface area contributed by atoms with E-state index in [4.69, 9.17) is 4.74 Å². The van der Waals surface area contributed by atoms with Crippen molar-refractivity contribution in [3.05, 3.63) is 53.6 Å². The number of anilines is 2. The molecule has 176 valence electrons. The van der Waals surface area contributed by atoms with Gasteiger partial charge in [0.05, 0.1) is 23.4 Å². The number of carbonyl (C=O) groups is 4. The lowest BCUT2D eigenvalue weighted by molar-refractivity contribution is -0.139. The Morgan fingerprint density at radius 1 is 0.941 bits per heavy atom. The molecule has 2 saturated heterocycles. The minimum Gasteiger partial charge on any atom is -0.426 e. The zero-order chi connectivity index (χ0) is 24.0. The van der Waals surface area contributed by atoms with Crippen LogP contribution in [0.2, 0.25) is 0 Å². The van der Waals surface area contributed by atoms with Crippen LogP contribution in [-0.4, -0.2) is 30.2 Å². The Balaban J connectivity index is 1.30. The van der Waals surface area contributed by atoms with Crippen LogP contribution in [0.4, 0.5) is 11.4 Å². The Labute approximate surface area is 198 Å². The van der Waals surface area contributed by atoms with Crippen LogP contribution in [0.15, 0.2) is 42.5 Å². The molecular weight excluding hydrogens is 432 g/mol. The lowest BCUT2D eigenvalue weighted by atomic mass is 9.81. The van der Waals surface area contributed by atoms with Crippen molar-refractivity contribution in [2.24, 2.45) is 17.8 Å². The molecule has 2 aromatic rings. The van der Waals surface area contributed by atoms with Crippen molar-refractivity contribution in [1.29, 1.82) is 0 Å². The van der Waals surface area contributed by atoms with Crippen molar-refractivity contribution >= 4 is 35.1 Å². The Hall–Kier alpha value is -3.48. The quantitative estimate of drug-likeness (QED) is 0.392. The highest BCUT2D eigenvalue weighted by Crippen LogP contribution is 2.40. The molecule has 3 atom stereocenters. The molecule has 3 aliphatic rings. The maximum absolute atomic E-state index is 12.9. The topological polar surface area (TPSA) is 84.0 Å². The first kappa shape index (κ1) is 22.3. The Bertz CT molecular complexity index is 1170. The van der Waals surface area contributed by atoms with Crippen molar-refractivity contribution in [1.82, 2.24) is 0 Å². The van der Waals surface area contributed by atoms with Crippen molar-refractivity contribution in [3.8, 4) is 5.75 Å². The average Bonchev–Trinajstić information content (AvgIpc) is 3.33. The molecule has 0 spiro atoms. The molecule has 2 aromatic carbocycles. The number of imide groups is 1. The smallest absolute Gasteiger partial charge is 0.316 e. The maximum Gasteiger partial charge on any atom is 0.316 e. The number of amides is 3. The van der Waals surface area contributed by atoms with Gasteiger partial charge in [0.25, 0.3) is 0 Å². The van der Waals surface area contributed by atoms with Gasteiger partial charge in [0.2, 0.25) is 17.7 Å². The summed E-state index contributed by atoms with van der Waals surface area (Å²) in [7, 11) is 0. The van der Waals surface area contributed by atoms with E-state index in [-0.39, 0.29) is 48.3 Å². The molecule has 0 radical (unpaired) electrons. The van der Waals surface area contributed by atoms with E-state index in [1.807, 2.05) is 32.0 Å². The monoisotopic (exact) mass is 460 g/mol. The maximum atomic E-state index is 12.9. The van der Waals surface area contributed by atoms with Crippen LogP contribution in [0, 0.1) is 31.6 Å². The highest BCUT2D eigenvalue weighted by molar-refractivity contribution is 6.22. The normalized spacial score (nSPS) is 24.5. The number of aryl methyl sites for hydroxylation is 2. The van der Waals surface area contributed by atoms with Crippen molar-refractivity contribution in [2.45, 2.75) is 46.0 Å². The third-order valence-electron chi connectivity index (χ3n) is 7.25. The van der Waals surface area contributed by atoms with Gasteiger partial charge in [-0.05, 0) is 56.0 Å². The number of nitrogens with zero attached hydrogens (tertiary/aromatic N) is 2. The molecule has 0 bridgehead atoms. The second-order valence-electron chi connectivity index (χ2n) is 9.62. The molecule has 0 N–H and O–H groups in total. The summed E-state index contributed by atoms with van der Waals surface area (Å²) in [5.41, 5.74) is 3.26. The first-order chi connectivity index (χ1) is 16.3. The fourth-order valence-corrected chi connectivity index (χ4v) is 5.41. The first-order valence-electron chi connectivity index (χ1n) is 11.9. The molecule has 1 saturated carbocycles. The highest BCUT2D eigenvalue weighted by Gasteiger charge is 2.48. The minimum atomic E-state index is -0.589. The van der Waals surface area contributed by atoms with Crippen molar-refractivity contribution in [2.75, 3.05) is 16.3 Å². The average molecular weight is 461 g/mol. The summed E-state index contributed by atoms with van der Waals surface area (Å²) in [4.78, 5) is 54.3. The molecule has 7 nitrogen and oxygen atoms in total. The standard InChI is InChI=1S/C27H28N2O5/c1-16-10-11-17(2)23(12-16)28-15-18(13-24(28)30)27(33)34-20-7-5-6-19(14-20)29-25(31)21-8-3-4-9-22(21)26(29)32/h5-7,10-12,14,18,21-22H,3-4,8-9,13,15H2,1-2H3/t18-,21+,22+/m1/s1. The molecular formula is C27H28N2O5. The largest absolute Gasteiger partial charge is 0.426 e. The molecule has 3 amide bonds. The second kappa shape index (κ2) is 8.70. The number of carbonyl (C=O) groups excluding carboxylic acids is 4. The van der Waals surface area contributed by atoms with Crippen molar-refractivity contribution in [3.63, 3.8) is 0 Å². The van der Waals surface area contributed by atoms with Gasteiger partial charge in [-0.2, -0.15) is 0 Å². The van der Waals surface area contributed by atoms with Gasteiger partial charge in [-0.25, -0.2) is 4.90 Å². The fourth-order valence-electron chi connectivity index (χ4n) is 5.41. The Morgan fingerprint density at radius 2 is 1.65 bits per heavy atom. The minimum absolute atomic E-state index is 0.0817. The van der Waals surface area contributed by atoms with E-state index in [0.29, 0.717) is 5.69 Å². The van der Waals surface area contributed by atoms with Gasteiger partial charge in [-0.3, -0.25) is 19.2 Å². The summed E-state index contributed by atoms with van der Waals surface area (Å²) in [5, 5.41) is 0. The SMILES string of the molecule is Cc1ccc(C)c(N2C[C@H](C(=O)Oc3cccc(N4C(=O)[C@H]5CCCC[C@@H]5C4=O)c3)CC2=O)c1. The zero-order valence-corrected chi connectivity index (χ0v) is 19.5. The second-order valence-corrected chi connectivity index (χ2v) is 9.62. The molecule has 3 fully saturated rings. The van der Waals surface area contributed by atoms with Crippen LogP contribution in [0.1, 0.15) is 43.2 Å². The van der Waals surface area contributed by atoms with Crippen LogP contribution >= 0.6 is 0 Å². The number of benzene rings is 2. The highest BCUT2D eigenvalue weighted by atomic mass is 16.5. The molecule has 5 rings (SSSR count). The third kappa shape index (κ3) is 3.89. The number of hydrogen-bond donors (Lipinski definition) is 0. The van der Waals surface area contributed by atoms with E-state index >= 15 is 0 Å². The number of esters is 1. The van der Waals surface area contributed by atoms with Gasteiger partial charge >= 0.3 is 5.97 Å². The summed E-state index contributed by atoms with van der Waals surface area (Å²) in [6, 6.07) is 12.4. The molecule has 0 aromatic heterocycles. The van der Waals surface area contributed by atoms with Gasteiger partial charge in [0, 0.05) is 24.7 Å². The van der Waals surface area contributed by atoms with Gasteiger partial charge in [-0.15, -0.1) is 0 Å². The first-order valence-corrected chi connectivity index (χ1v) is 11.9.